The summed E-state index contributed by atoms with van der Waals surface area (Å²) < 4.78 is 17.6. The second-order valence-corrected chi connectivity index (χ2v) is 8.90. The van der Waals surface area contributed by atoms with Gasteiger partial charge in [-0.3, -0.25) is 4.79 Å². The third-order valence-corrected chi connectivity index (χ3v) is 6.99. The topological polar surface area (TPSA) is 44.8 Å². The highest BCUT2D eigenvalue weighted by atomic mass is 16.5. The maximum absolute atomic E-state index is 13.4. The Kier molecular flexibility index (Phi) is 5.74. The number of carbonyl (C=O) groups excluding carboxylic acids is 1. The molecule has 160 valence electrons. The van der Waals surface area contributed by atoms with Gasteiger partial charge in [-0.25, -0.2) is 0 Å². The van der Waals surface area contributed by atoms with E-state index in [2.05, 4.69) is 37.4 Å². The van der Waals surface area contributed by atoms with E-state index >= 15 is 0 Å². The molecule has 0 bridgehead atoms. The van der Waals surface area contributed by atoms with Crippen molar-refractivity contribution in [3.63, 3.8) is 0 Å². The molecular weight excluding hydrogens is 378 g/mol. The summed E-state index contributed by atoms with van der Waals surface area (Å²) in [7, 11) is 7.12. The van der Waals surface area contributed by atoms with E-state index in [9.17, 15) is 4.79 Å². The second-order valence-electron chi connectivity index (χ2n) is 8.90. The minimum atomic E-state index is 0.0242. The van der Waals surface area contributed by atoms with Crippen LogP contribution in [0.2, 0.25) is 0 Å². The van der Waals surface area contributed by atoms with Crippen LogP contribution in [0, 0.1) is 11.8 Å². The molecule has 1 heterocycles. The van der Waals surface area contributed by atoms with Crippen molar-refractivity contribution >= 4 is 5.78 Å². The van der Waals surface area contributed by atoms with Crippen molar-refractivity contribution < 1.29 is 23.5 Å². The number of hydrogen-bond donors (Lipinski definition) is 0. The highest BCUT2D eigenvalue weighted by Gasteiger charge is 2.43. The van der Waals surface area contributed by atoms with Crippen LogP contribution in [0.1, 0.15) is 34.3 Å². The lowest BCUT2D eigenvalue weighted by atomic mass is 9.81. The molecule has 0 N–H and O–H groups in total. The molecule has 1 saturated heterocycles. The average molecular weight is 411 g/mol. The summed E-state index contributed by atoms with van der Waals surface area (Å²) in [6.07, 6.45) is 2.91. The van der Waals surface area contributed by atoms with Crippen LogP contribution in [0.15, 0.2) is 36.4 Å². The van der Waals surface area contributed by atoms with E-state index in [0.717, 1.165) is 48.9 Å². The van der Waals surface area contributed by atoms with Gasteiger partial charge in [0.2, 0.25) is 5.75 Å². The molecule has 5 heteroatoms. The van der Waals surface area contributed by atoms with Crippen molar-refractivity contribution in [3.8, 4) is 17.2 Å². The second kappa shape index (κ2) is 8.31. The predicted octanol–water partition coefficient (Wildman–Crippen LogP) is 4.12. The lowest BCUT2D eigenvalue weighted by Gasteiger charge is -2.42. The minimum Gasteiger partial charge on any atom is -0.493 e. The van der Waals surface area contributed by atoms with Gasteiger partial charge in [-0.05, 0) is 24.0 Å². The van der Waals surface area contributed by atoms with Gasteiger partial charge >= 0.3 is 0 Å². The van der Waals surface area contributed by atoms with Gasteiger partial charge in [0, 0.05) is 24.3 Å². The molecule has 4 rings (SSSR count). The van der Waals surface area contributed by atoms with Gasteiger partial charge in [0.1, 0.15) is 6.54 Å². The number of fused-ring (bicyclic) bond motifs is 1. The molecule has 1 aliphatic carbocycles. The zero-order chi connectivity index (χ0) is 21.3. The van der Waals surface area contributed by atoms with Crippen LogP contribution in [0.3, 0.4) is 0 Å². The molecule has 2 aromatic rings. The monoisotopic (exact) mass is 410 g/mol. The van der Waals surface area contributed by atoms with Crippen molar-refractivity contribution in [2.75, 3.05) is 41.5 Å². The molecule has 1 unspecified atom stereocenters. The Hall–Kier alpha value is -2.53. The number of piperidine rings is 1. The number of methoxy groups -OCH3 is 3. The highest BCUT2D eigenvalue weighted by molar-refractivity contribution is 6.06. The number of quaternary nitrogens is 1. The maximum atomic E-state index is 13.4. The third-order valence-electron chi connectivity index (χ3n) is 6.99. The van der Waals surface area contributed by atoms with E-state index < -0.39 is 0 Å². The first-order valence-electron chi connectivity index (χ1n) is 10.7. The lowest BCUT2D eigenvalue weighted by Crippen LogP contribution is -2.50. The van der Waals surface area contributed by atoms with E-state index in [-0.39, 0.29) is 11.7 Å². The van der Waals surface area contributed by atoms with Gasteiger partial charge in [0.25, 0.3) is 0 Å². The first kappa shape index (κ1) is 20.7. The van der Waals surface area contributed by atoms with E-state index in [1.807, 2.05) is 6.07 Å². The summed E-state index contributed by atoms with van der Waals surface area (Å²) in [6, 6.07) is 12.7. The van der Waals surface area contributed by atoms with Gasteiger partial charge in [-0.15, -0.1) is 0 Å². The smallest absolute Gasteiger partial charge is 0.204 e. The number of ether oxygens (including phenoxy) is 3. The summed E-state index contributed by atoms with van der Waals surface area (Å²) in [5.41, 5.74) is 3.09. The number of hydrogen-bond acceptors (Lipinski definition) is 4. The number of benzene rings is 2. The van der Waals surface area contributed by atoms with E-state index in [1.165, 1.54) is 5.56 Å². The zero-order valence-electron chi connectivity index (χ0n) is 18.4. The fourth-order valence-corrected chi connectivity index (χ4v) is 5.33. The number of Topliss-reactive ketones (excluding diaryl/α,β-unsaturated/α-hetero) is 1. The number of carbonyl (C=O) groups is 1. The molecule has 1 aliphatic heterocycles. The molecule has 0 saturated carbocycles. The molecule has 1 atom stereocenters. The number of ketones is 1. The van der Waals surface area contributed by atoms with Crippen molar-refractivity contribution in [2.24, 2.45) is 11.8 Å². The van der Waals surface area contributed by atoms with Crippen molar-refractivity contribution in [3.05, 3.63) is 53.1 Å². The number of nitrogens with zero attached hydrogens (tertiary/aromatic N) is 1. The number of rotatable bonds is 6. The van der Waals surface area contributed by atoms with Gasteiger partial charge in [0.05, 0.1) is 47.0 Å². The Labute approximate surface area is 179 Å². The van der Waals surface area contributed by atoms with Crippen molar-refractivity contribution in [1.82, 2.24) is 0 Å². The molecule has 2 aliphatic rings. The quantitative estimate of drug-likeness (QED) is 0.672. The van der Waals surface area contributed by atoms with Crippen LogP contribution in [-0.4, -0.2) is 51.7 Å². The molecule has 1 fully saturated rings. The zero-order valence-corrected chi connectivity index (χ0v) is 18.4. The summed E-state index contributed by atoms with van der Waals surface area (Å²) >= 11 is 0. The third kappa shape index (κ3) is 3.67. The van der Waals surface area contributed by atoms with Crippen molar-refractivity contribution in [1.29, 1.82) is 0 Å². The molecule has 2 aromatic carbocycles. The van der Waals surface area contributed by atoms with Crippen LogP contribution in [0.5, 0.6) is 17.2 Å². The molecular formula is C25H32NO4+. The van der Waals surface area contributed by atoms with Crippen LogP contribution in [0.4, 0.5) is 0 Å². The maximum Gasteiger partial charge on any atom is 0.204 e. The van der Waals surface area contributed by atoms with Gasteiger partial charge in [0.15, 0.2) is 17.3 Å². The van der Waals surface area contributed by atoms with E-state index in [0.29, 0.717) is 28.7 Å². The predicted molar refractivity (Wildman–Crippen MR) is 116 cm³/mol. The molecule has 0 aromatic heterocycles. The molecule has 0 amide bonds. The minimum absolute atomic E-state index is 0.0242. The van der Waals surface area contributed by atoms with Crippen LogP contribution >= 0.6 is 0 Å². The number of likely N-dealkylation sites (tertiary alicyclic amines) is 1. The molecule has 0 spiro atoms. The van der Waals surface area contributed by atoms with E-state index in [4.69, 9.17) is 14.2 Å². The molecule has 0 radical (unpaired) electrons. The fourth-order valence-electron chi connectivity index (χ4n) is 5.33. The largest absolute Gasteiger partial charge is 0.493 e. The average Bonchev–Trinajstić information content (AvgIpc) is 3.09. The van der Waals surface area contributed by atoms with Gasteiger partial charge < -0.3 is 18.7 Å². The first-order valence-corrected chi connectivity index (χ1v) is 10.7. The lowest BCUT2D eigenvalue weighted by molar-refractivity contribution is -0.928. The van der Waals surface area contributed by atoms with Crippen LogP contribution in [-0.2, 0) is 13.0 Å². The summed E-state index contributed by atoms with van der Waals surface area (Å²) in [4.78, 5) is 13.4. The van der Waals surface area contributed by atoms with Crippen LogP contribution in [0.25, 0.3) is 0 Å². The Morgan fingerprint density at radius 2 is 1.63 bits per heavy atom. The standard InChI is InChI=1S/C25H32NO4/c1-26(16-17-8-6-5-7-9-17)12-10-18(11-13-26)20-14-19-15-21(28-2)24(29-3)25(30-4)22(19)23(20)27/h5-9,15,18,20H,10-14,16H2,1-4H3/q+1. The normalized spacial score (nSPS) is 25.7. The SMILES string of the molecule is COc1cc2c(c(OC)c1OC)C(=O)C(C1CC[N+](C)(Cc3ccccc3)CC1)C2. The molecule has 5 nitrogen and oxygen atoms in total. The Morgan fingerprint density at radius 1 is 0.967 bits per heavy atom. The van der Waals surface area contributed by atoms with Gasteiger partial charge in [-0.2, -0.15) is 0 Å². The first-order chi connectivity index (χ1) is 14.5. The Balaban J connectivity index is 1.50. The van der Waals surface area contributed by atoms with Crippen LogP contribution < -0.4 is 14.2 Å². The van der Waals surface area contributed by atoms with Gasteiger partial charge in [-0.1, -0.05) is 30.3 Å². The van der Waals surface area contributed by atoms with Crippen molar-refractivity contribution in [2.45, 2.75) is 25.8 Å². The molecule has 30 heavy (non-hydrogen) atoms. The summed E-state index contributed by atoms with van der Waals surface area (Å²) in [5.74, 6) is 2.28. The van der Waals surface area contributed by atoms with E-state index in [1.54, 1.807) is 21.3 Å². The fraction of sp³-hybridized carbons (Fsp3) is 0.480. The summed E-state index contributed by atoms with van der Waals surface area (Å²) in [6.45, 7) is 3.25. The summed E-state index contributed by atoms with van der Waals surface area (Å²) in [5, 5.41) is 0. The Bertz CT molecular complexity index is 916. The Morgan fingerprint density at radius 3 is 2.23 bits per heavy atom. The highest BCUT2D eigenvalue weighted by Crippen LogP contribution is 2.48.